The van der Waals surface area contributed by atoms with Crippen molar-refractivity contribution in [1.29, 1.82) is 0 Å². The molecule has 2 nitrogen and oxygen atoms in total. The van der Waals surface area contributed by atoms with Crippen LogP contribution in [-0.4, -0.2) is 12.6 Å². The summed E-state index contributed by atoms with van der Waals surface area (Å²) in [6.45, 7) is 0. The Morgan fingerprint density at radius 3 is 2.67 bits per heavy atom. The normalized spacial score (nSPS) is 9.42. The van der Waals surface area contributed by atoms with E-state index in [1.807, 2.05) is 0 Å². The predicted octanol–water partition coefficient (Wildman–Crippen LogP) is 2.00. The third-order valence-corrected chi connectivity index (χ3v) is 2.26. The third kappa shape index (κ3) is 1.80. The van der Waals surface area contributed by atoms with E-state index < -0.39 is 0 Å². The molecule has 0 aliphatic heterocycles. The molecule has 0 radical (unpaired) electrons. The second-order valence-electron chi connectivity index (χ2n) is 2.30. The fraction of sp³-hybridized carbons (Fsp3) is 0.111. The molecule has 0 unspecified atom stereocenters. The van der Waals surface area contributed by atoms with Gasteiger partial charge >= 0.3 is 0 Å². The van der Waals surface area contributed by atoms with E-state index in [9.17, 15) is 9.59 Å². The average Bonchev–Trinajstić information content (AvgIpc) is 2.05. The zero-order valence-corrected chi connectivity index (χ0v) is 7.87. The van der Waals surface area contributed by atoms with Gasteiger partial charge in [-0.2, -0.15) is 0 Å². The highest BCUT2D eigenvalue weighted by molar-refractivity contribution is 9.10. The zero-order chi connectivity index (χ0) is 8.97. The summed E-state index contributed by atoms with van der Waals surface area (Å²) < 4.78 is 0.733. The summed E-state index contributed by atoms with van der Waals surface area (Å²) in [5, 5.41) is 0. The maximum atomic E-state index is 10.6. The van der Waals surface area contributed by atoms with Crippen molar-refractivity contribution in [2.45, 2.75) is 6.42 Å². The zero-order valence-electron chi connectivity index (χ0n) is 6.29. The van der Waals surface area contributed by atoms with Gasteiger partial charge in [0.1, 0.15) is 6.29 Å². The summed E-state index contributed by atoms with van der Waals surface area (Å²) in [6, 6.07) is 5.34. The van der Waals surface area contributed by atoms with E-state index in [1.54, 1.807) is 18.2 Å². The molecule has 62 valence electrons. The molecule has 0 N–H and O–H groups in total. The van der Waals surface area contributed by atoms with E-state index in [1.165, 1.54) is 0 Å². The Hall–Kier alpha value is -0.960. The Morgan fingerprint density at radius 2 is 2.08 bits per heavy atom. The van der Waals surface area contributed by atoms with E-state index in [4.69, 9.17) is 0 Å². The van der Waals surface area contributed by atoms with Crippen LogP contribution in [-0.2, 0) is 11.2 Å². The molecule has 0 atom stereocenters. The first kappa shape index (κ1) is 9.13. The van der Waals surface area contributed by atoms with Gasteiger partial charge in [0.15, 0.2) is 6.29 Å². The highest BCUT2D eigenvalue weighted by Gasteiger charge is 2.03. The number of hydrogen-bond donors (Lipinski definition) is 0. The van der Waals surface area contributed by atoms with Gasteiger partial charge in [-0.05, 0) is 11.6 Å². The van der Waals surface area contributed by atoms with E-state index in [0.29, 0.717) is 5.56 Å². The molecule has 0 aromatic heterocycles. The van der Waals surface area contributed by atoms with Gasteiger partial charge in [0.25, 0.3) is 0 Å². The van der Waals surface area contributed by atoms with Crippen LogP contribution >= 0.6 is 15.9 Å². The Labute approximate surface area is 78.7 Å². The number of halogens is 1. The lowest BCUT2D eigenvalue weighted by molar-refractivity contribution is -0.107. The summed E-state index contributed by atoms with van der Waals surface area (Å²) in [5.41, 5.74) is 1.32. The summed E-state index contributed by atoms with van der Waals surface area (Å²) in [6.07, 6.45) is 1.82. The highest BCUT2D eigenvalue weighted by Crippen LogP contribution is 2.18. The molecule has 12 heavy (non-hydrogen) atoms. The van der Waals surface area contributed by atoms with Gasteiger partial charge in [0.2, 0.25) is 0 Å². The van der Waals surface area contributed by atoms with Gasteiger partial charge in [0, 0.05) is 16.5 Å². The molecule has 3 heteroatoms. The van der Waals surface area contributed by atoms with E-state index >= 15 is 0 Å². The van der Waals surface area contributed by atoms with Crippen molar-refractivity contribution in [1.82, 2.24) is 0 Å². The number of aldehydes is 2. The van der Waals surface area contributed by atoms with Crippen LogP contribution in [0.25, 0.3) is 0 Å². The molecule has 1 aromatic rings. The molecule has 0 aliphatic carbocycles. The lowest BCUT2D eigenvalue weighted by Gasteiger charge is -2.01. The number of benzene rings is 1. The van der Waals surface area contributed by atoms with Gasteiger partial charge < -0.3 is 4.79 Å². The van der Waals surface area contributed by atoms with E-state index in [0.717, 1.165) is 22.6 Å². The first-order valence-electron chi connectivity index (χ1n) is 3.45. The maximum absolute atomic E-state index is 10.6. The number of carbonyl (C=O) groups is 2. The van der Waals surface area contributed by atoms with Crippen LogP contribution in [0.15, 0.2) is 22.7 Å². The molecule has 1 aromatic carbocycles. The molecule has 1 rings (SSSR count). The largest absolute Gasteiger partial charge is 0.303 e. The topological polar surface area (TPSA) is 34.1 Å². The first-order chi connectivity index (χ1) is 5.79. The van der Waals surface area contributed by atoms with Gasteiger partial charge in [-0.3, -0.25) is 4.79 Å². The Kier molecular flexibility index (Phi) is 3.17. The Morgan fingerprint density at radius 1 is 1.33 bits per heavy atom. The summed E-state index contributed by atoms with van der Waals surface area (Å²) in [4.78, 5) is 20.8. The second-order valence-corrected chi connectivity index (χ2v) is 3.16. The minimum Gasteiger partial charge on any atom is -0.303 e. The van der Waals surface area contributed by atoms with Crippen LogP contribution in [0, 0.1) is 0 Å². The average molecular weight is 227 g/mol. The fourth-order valence-electron chi connectivity index (χ4n) is 0.981. The van der Waals surface area contributed by atoms with Crippen molar-refractivity contribution in [3.63, 3.8) is 0 Å². The van der Waals surface area contributed by atoms with Crippen molar-refractivity contribution in [2.24, 2.45) is 0 Å². The van der Waals surface area contributed by atoms with Crippen LogP contribution in [0.3, 0.4) is 0 Å². The molecular formula is C9H7BrO2. The standard InChI is InChI=1S/C9H7BrO2/c10-9-3-1-2-7(4-5-11)8(9)6-12/h1-3,5-6H,4H2. The van der Waals surface area contributed by atoms with Crippen molar-refractivity contribution in [3.8, 4) is 0 Å². The van der Waals surface area contributed by atoms with Gasteiger partial charge in [-0.15, -0.1) is 0 Å². The van der Waals surface area contributed by atoms with Crippen LogP contribution in [0.4, 0.5) is 0 Å². The lowest BCUT2D eigenvalue weighted by atomic mass is 10.1. The quantitative estimate of drug-likeness (QED) is 0.740. The number of carbonyl (C=O) groups excluding carboxylic acids is 2. The van der Waals surface area contributed by atoms with Gasteiger partial charge in [-0.1, -0.05) is 28.1 Å². The summed E-state index contributed by atoms with van der Waals surface area (Å²) in [5.74, 6) is 0. The monoisotopic (exact) mass is 226 g/mol. The predicted molar refractivity (Wildman–Crippen MR) is 49.3 cm³/mol. The Balaban J connectivity index is 3.17. The van der Waals surface area contributed by atoms with E-state index in [2.05, 4.69) is 15.9 Å². The van der Waals surface area contributed by atoms with Gasteiger partial charge in [-0.25, -0.2) is 0 Å². The summed E-state index contributed by atoms with van der Waals surface area (Å²) in [7, 11) is 0. The van der Waals surface area contributed by atoms with Gasteiger partial charge in [0.05, 0.1) is 0 Å². The minimum atomic E-state index is 0.285. The first-order valence-corrected chi connectivity index (χ1v) is 4.25. The molecular weight excluding hydrogens is 220 g/mol. The highest BCUT2D eigenvalue weighted by atomic mass is 79.9. The van der Waals surface area contributed by atoms with Crippen LogP contribution in [0.5, 0.6) is 0 Å². The van der Waals surface area contributed by atoms with Crippen LogP contribution in [0.2, 0.25) is 0 Å². The minimum absolute atomic E-state index is 0.285. The molecule has 0 amide bonds. The second kappa shape index (κ2) is 4.16. The fourth-order valence-corrected chi connectivity index (χ4v) is 1.48. The molecule has 0 aliphatic rings. The van der Waals surface area contributed by atoms with Crippen molar-refractivity contribution in [2.75, 3.05) is 0 Å². The molecule has 0 heterocycles. The maximum Gasteiger partial charge on any atom is 0.151 e. The number of hydrogen-bond acceptors (Lipinski definition) is 2. The van der Waals surface area contributed by atoms with Crippen molar-refractivity contribution < 1.29 is 9.59 Å². The Bertz CT molecular complexity index is 307. The molecule has 0 spiro atoms. The van der Waals surface area contributed by atoms with Crippen LogP contribution < -0.4 is 0 Å². The lowest BCUT2D eigenvalue weighted by Crippen LogP contribution is -1.94. The SMILES string of the molecule is O=CCc1cccc(Br)c1C=O. The summed E-state index contributed by atoms with van der Waals surface area (Å²) >= 11 is 3.23. The third-order valence-electron chi connectivity index (χ3n) is 1.56. The van der Waals surface area contributed by atoms with Crippen LogP contribution in [0.1, 0.15) is 15.9 Å². The van der Waals surface area contributed by atoms with Crippen molar-refractivity contribution in [3.05, 3.63) is 33.8 Å². The molecule has 0 saturated carbocycles. The number of rotatable bonds is 3. The smallest absolute Gasteiger partial charge is 0.151 e. The molecule has 0 fully saturated rings. The molecule has 0 bridgehead atoms. The van der Waals surface area contributed by atoms with E-state index in [-0.39, 0.29) is 6.42 Å². The van der Waals surface area contributed by atoms with Crippen molar-refractivity contribution >= 4 is 28.5 Å². The molecule has 0 saturated heterocycles.